The number of halogens is 5. The predicted molar refractivity (Wildman–Crippen MR) is 113 cm³/mol. The van der Waals surface area contributed by atoms with Gasteiger partial charge in [0.25, 0.3) is 5.91 Å². The number of hydrogen-bond acceptors (Lipinski definition) is 4. The topological polar surface area (TPSA) is 58.1 Å². The number of para-hydroxylation sites is 1. The maximum absolute atomic E-state index is 13.8. The number of carbonyl (C=O) groups excluding carboxylic acids is 1. The molecule has 0 aliphatic heterocycles. The van der Waals surface area contributed by atoms with Gasteiger partial charge in [0.1, 0.15) is 5.69 Å². The Hall–Kier alpha value is -3.30. The Morgan fingerprint density at radius 1 is 1.03 bits per heavy atom. The van der Waals surface area contributed by atoms with E-state index in [1.54, 1.807) is 18.2 Å². The fourth-order valence-corrected chi connectivity index (χ4v) is 4.22. The Bertz CT molecular complexity index is 1110. The van der Waals surface area contributed by atoms with Crippen LogP contribution in [0, 0.1) is 0 Å². The highest BCUT2D eigenvalue weighted by molar-refractivity contribution is 5.94. The molecular formula is C23H21F5N4O. The number of aromatic nitrogens is 2. The summed E-state index contributed by atoms with van der Waals surface area (Å²) in [5, 5.41) is 3.70. The SMILES string of the molecule is O=C(c1ccncc1)N(C(F)F)C1CCC(Nc2cc(C(F)(F)F)nc3ccccc23)CC1. The highest BCUT2D eigenvalue weighted by atomic mass is 19.4. The highest BCUT2D eigenvalue weighted by Crippen LogP contribution is 2.35. The summed E-state index contributed by atoms with van der Waals surface area (Å²) >= 11 is 0. The second kappa shape index (κ2) is 9.29. The van der Waals surface area contributed by atoms with E-state index in [0.29, 0.717) is 41.7 Å². The zero-order valence-corrected chi connectivity index (χ0v) is 17.4. The van der Waals surface area contributed by atoms with Gasteiger partial charge in [-0.2, -0.15) is 22.0 Å². The first-order valence-electron chi connectivity index (χ1n) is 10.5. The van der Waals surface area contributed by atoms with Crippen molar-refractivity contribution in [1.29, 1.82) is 0 Å². The Balaban J connectivity index is 1.49. The summed E-state index contributed by atoms with van der Waals surface area (Å²) < 4.78 is 67.4. The van der Waals surface area contributed by atoms with E-state index in [2.05, 4.69) is 15.3 Å². The number of carbonyl (C=O) groups is 1. The van der Waals surface area contributed by atoms with E-state index in [-0.39, 0.29) is 17.1 Å². The molecular weight excluding hydrogens is 443 g/mol. The molecule has 1 amide bonds. The quantitative estimate of drug-likeness (QED) is 0.387. The molecule has 4 rings (SSSR count). The molecule has 0 unspecified atom stereocenters. The minimum absolute atomic E-state index is 0.133. The Morgan fingerprint density at radius 3 is 2.33 bits per heavy atom. The molecule has 0 atom stereocenters. The average molecular weight is 464 g/mol. The van der Waals surface area contributed by atoms with E-state index in [0.717, 1.165) is 6.07 Å². The number of benzene rings is 1. The van der Waals surface area contributed by atoms with Crippen LogP contribution in [-0.2, 0) is 6.18 Å². The normalized spacial score (nSPS) is 19.0. The summed E-state index contributed by atoms with van der Waals surface area (Å²) in [6.45, 7) is -2.96. The van der Waals surface area contributed by atoms with Gasteiger partial charge in [0.15, 0.2) is 0 Å². The number of hydrogen-bond donors (Lipinski definition) is 1. The largest absolute Gasteiger partial charge is 0.433 e. The van der Waals surface area contributed by atoms with E-state index in [1.807, 2.05) is 0 Å². The first-order valence-corrected chi connectivity index (χ1v) is 10.5. The average Bonchev–Trinajstić information content (AvgIpc) is 2.80. The van der Waals surface area contributed by atoms with Gasteiger partial charge in [0, 0.05) is 41.1 Å². The molecule has 1 aliphatic carbocycles. The van der Waals surface area contributed by atoms with Crippen molar-refractivity contribution in [2.45, 2.75) is 50.5 Å². The van der Waals surface area contributed by atoms with Gasteiger partial charge in [0.2, 0.25) is 0 Å². The van der Waals surface area contributed by atoms with Gasteiger partial charge >= 0.3 is 12.7 Å². The fourth-order valence-electron chi connectivity index (χ4n) is 4.22. The van der Waals surface area contributed by atoms with Crippen molar-refractivity contribution in [3.05, 3.63) is 66.1 Å². The molecule has 1 aliphatic rings. The molecule has 3 aromatic rings. The van der Waals surface area contributed by atoms with Crippen LogP contribution in [-0.4, -0.2) is 39.4 Å². The molecule has 0 bridgehead atoms. The lowest BCUT2D eigenvalue weighted by molar-refractivity contribution is -0.140. The summed E-state index contributed by atoms with van der Waals surface area (Å²) in [4.78, 5) is 20.7. The van der Waals surface area contributed by atoms with E-state index in [4.69, 9.17) is 0 Å². The molecule has 1 fully saturated rings. The molecule has 1 saturated carbocycles. The van der Waals surface area contributed by atoms with E-state index >= 15 is 0 Å². The minimum Gasteiger partial charge on any atom is -0.382 e. The number of nitrogens with zero attached hydrogens (tertiary/aromatic N) is 3. The van der Waals surface area contributed by atoms with Crippen molar-refractivity contribution < 1.29 is 26.7 Å². The number of anilines is 1. The molecule has 174 valence electrons. The summed E-state index contributed by atoms with van der Waals surface area (Å²) in [5.74, 6) is -0.765. The lowest BCUT2D eigenvalue weighted by atomic mass is 9.89. The lowest BCUT2D eigenvalue weighted by Crippen LogP contribution is -2.46. The number of pyridine rings is 2. The van der Waals surface area contributed by atoms with Crippen molar-refractivity contribution in [1.82, 2.24) is 14.9 Å². The van der Waals surface area contributed by atoms with Gasteiger partial charge in [-0.15, -0.1) is 0 Å². The molecule has 0 radical (unpaired) electrons. The van der Waals surface area contributed by atoms with Crippen molar-refractivity contribution in [2.75, 3.05) is 5.32 Å². The van der Waals surface area contributed by atoms with Crippen molar-refractivity contribution >= 4 is 22.5 Å². The predicted octanol–water partition coefficient (Wildman–Crippen LogP) is 5.74. The van der Waals surface area contributed by atoms with Crippen LogP contribution in [0.2, 0.25) is 0 Å². The van der Waals surface area contributed by atoms with Crippen molar-refractivity contribution in [3.8, 4) is 0 Å². The summed E-state index contributed by atoms with van der Waals surface area (Å²) in [6.07, 6.45) is -0.409. The van der Waals surface area contributed by atoms with Gasteiger partial charge in [-0.25, -0.2) is 4.98 Å². The molecule has 33 heavy (non-hydrogen) atoms. The molecule has 5 nitrogen and oxygen atoms in total. The van der Waals surface area contributed by atoms with Gasteiger partial charge in [-0.05, 0) is 49.9 Å². The highest BCUT2D eigenvalue weighted by Gasteiger charge is 2.36. The van der Waals surface area contributed by atoms with Crippen molar-refractivity contribution in [2.24, 2.45) is 0 Å². The van der Waals surface area contributed by atoms with Gasteiger partial charge in [-0.3, -0.25) is 14.7 Å². The number of nitrogens with one attached hydrogen (secondary N) is 1. The first kappa shape index (κ1) is 22.9. The van der Waals surface area contributed by atoms with Crippen LogP contribution < -0.4 is 5.32 Å². The van der Waals surface area contributed by atoms with Crippen LogP contribution in [0.5, 0.6) is 0 Å². The third-order valence-corrected chi connectivity index (χ3v) is 5.83. The van der Waals surface area contributed by atoms with Crippen LogP contribution >= 0.6 is 0 Å². The van der Waals surface area contributed by atoms with E-state index < -0.39 is 30.4 Å². The zero-order valence-electron chi connectivity index (χ0n) is 17.4. The number of fused-ring (bicyclic) bond motifs is 1. The van der Waals surface area contributed by atoms with Crippen LogP contribution in [0.25, 0.3) is 10.9 Å². The monoisotopic (exact) mass is 464 g/mol. The second-order valence-electron chi connectivity index (χ2n) is 7.95. The molecule has 2 aromatic heterocycles. The van der Waals surface area contributed by atoms with Gasteiger partial charge in [0.05, 0.1) is 5.52 Å². The number of rotatable bonds is 5. The standard InChI is InChI=1S/C23H21F5N4O/c24-22(25)32(21(33)14-9-11-29-12-10-14)16-7-5-15(6-8-16)30-19-13-20(23(26,27)28)31-18-4-2-1-3-17(18)19/h1-4,9-13,15-16,22H,5-8H2,(H,30,31). The third-order valence-electron chi connectivity index (χ3n) is 5.83. The molecule has 0 saturated heterocycles. The van der Waals surface area contributed by atoms with Crippen molar-refractivity contribution in [3.63, 3.8) is 0 Å². The maximum atomic E-state index is 13.8. The summed E-state index contributed by atoms with van der Waals surface area (Å²) in [7, 11) is 0. The van der Waals surface area contributed by atoms with Crippen LogP contribution in [0.15, 0.2) is 54.9 Å². The number of alkyl halides is 5. The Morgan fingerprint density at radius 2 is 1.70 bits per heavy atom. The maximum Gasteiger partial charge on any atom is 0.433 e. The zero-order chi connectivity index (χ0) is 23.6. The Kier molecular flexibility index (Phi) is 6.44. The molecule has 10 heteroatoms. The smallest absolute Gasteiger partial charge is 0.382 e. The molecule has 2 heterocycles. The van der Waals surface area contributed by atoms with Crippen LogP contribution in [0.1, 0.15) is 41.7 Å². The second-order valence-corrected chi connectivity index (χ2v) is 7.95. The van der Waals surface area contributed by atoms with Crippen LogP contribution in [0.3, 0.4) is 0 Å². The Labute approximate surface area is 186 Å². The van der Waals surface area contributed by atoms with Gasteiger partial charge in [-0.1, -0.05) is 18.2 Å². The molecule has 1 aromatic carbocycles. The summed E-state index contributed by atoms with van der Waals surface area (Å²) in [6, 6.07) is 9.39. The fraction of sp³-hybridized carbons (Fsp3) is 0.348. The van der Waals surface area contributed by atoms with Crippen LogP contribution in [0.4, 0.5) is 27.6 Å². The minimum atomic E-state index is -4.59. The molecule has 0 spiro atoms. The lowest BCUT2D eigenvalue weighted by Gasteiger charge is -2.37. The number of amides is 1. The third kappa shape index (κ3) is 5.04. The van der Waals surface area contributed by atoms with E-state index in [9.17, 15) is 26.7 Å². The first-order chi connectivity index (χ1) is 15.7. The summed E-state index contributed by atoms with van der Waals surface area (Å²) in [5.41, 5.74) is -0.344. The van der Waals surface area contributed by atoms with E-state index in [1.165, 1.54) is 30.6 Å². The molecule has 1 N–H and O–H groups in total. The van der Waals surface area contributed by atoms with Gasteiger partial charge < -0.3 is 5.32 Å².